The molecule has 1 N–H and O–H groups in total. The van der Waals surface area contributed by atoms with Gasteiger partial charge in [-0.1, -0.05) is 72.8 Å². The van der Waals surface area contributed by atoms with Crippen molar-refractivity contribution in [1.82, 2.24) is 15.1 Å². The lowest BCUT2D eigenvalue weighted by Gasteiger charge is -2.33. The van der Waals surface area contributed by atoms with Crippen LogP contribution >= 0.6 is 0 Å². The van der Waals surface area contributed by atoms with Crippen LogP contribution < -0.4 is 5.32 Å². The van der Waals surface area contributed by atoms with Crippen LogP contribution in [-0.4, -0.2) is 55.0 Å². The fourth-order valence-corrected chi connectivity index (χ4v) is 3.35. The van der Waals surface area contributed by atoms with E-state index in [4.69, 9.17) is 0 Å². The molecule has 1 atom stereocenters. The molecule has 0 radical (unpaired) electrons. The van der Waals surface area contributed by atoms with Crippen molar-refractivity contribution in [3.05, 3.63) is 77.9 Å². The highest BCUT2D eigenvalue weighted by Gasteiger charge is 2.19. The second kappa shape index (κ2) is 10.0. The van der Waals surface area contributed by atoms with E-state index >= 15 is 0 Å². The molecule has 27 heavy (non-hydrogen) atoms. The van der Waals surface area contributed by atoms with Gasteiger partial charge in [-0.2, -0.15) is 0 Å². The molecule has 0 bridgehead atoms. The number of nitrogens with one attached hydrogen (secondary N) is 1. The predicted molar refractivity (Wildman–Crippen MR) is 111 cm³/mol. The molecule has 1 saturated heterocycles. The van der Waals surface area contributed by atoms with Crippen molar-refractivity contribution in [2.24, 2.45) is 0 Å². The molecule has 3 rings (SSSR count). The van der Waals surface area contributed by atoms with E-state index in [1.54, 1.807) is 0 Å². The van der Waals surface area contributed by atoms with Crippen LogP contribution in [0, 0.1) is 0 Å². The minimum absolute atomic E-state index is 0.0445. The molecular weight excluding hydrogens is 334 g/mol. The zero-order valence-corrected chi connectivity index (χ0v) is 16.1. The molecule has 0 saturated carbocycles. The minimum Gasteiger partial charge on any atom is -0.348 e. The Morgan fingerprint density at radius 2 is 1.56 bits per heavy atom. The van der Waals surface area contributed by atoms with Gasteiger partial charge in [-0.05, 0) is 18.1 Å². The van der Waals surface area contributed by atoms with Crippen molar-refractivity contribution in [2.45, 2.75) is 13.0 Å². The molecule has 0 aromatic heterocycles. The molecule has 2 aromatic carbocycles. The van der Waals surface area contributed by atoms with E-state index in [-0.39, 0.29) is 11.9 Å². The molecule has 4 nitrogen and oxygen atoms in total. The molecular formula is C23H29N3O. The second-order valence-corrected chi connectivity index (χ2v) is 7.09. The molecule has 1 aliphatic heterocycles. The summed E-state index contributed by atoms with van der Waals surface area (Å²) >= 11 is 0. The lowest BCUT2D eigenvalue weighted by atomic mass is 10.1. The van der Waals surface area contributed by atoms with Crippen molar-refractivity contribution < 1.29 is 4.79 Å². The highest BCUT2D eigenvalue weighted by molar-refractivity contribution is 5.78. The molecule has 1 amide bonds. The summed E-state index contributed by atoms with van der Waals surface area (Å²) in [7, 11) is 0. The maximum absolute atomic E-state index is 12.3. The Hall–Kier alpha value is -2.43. The van der Waals surface area contributed by atoms with E-state index in [9.17, 15) is 4.79 Å². The summed E-state index contributed by atoms with van der Waals surface area (Å²) in [6.07, 6.45) is 4.39. The van der Waals surface area contributed by atoms with E-state index in [0.717, 1.165) is 38.3 Å². The first kappa shape index (κ1) is 19.3. The van der Waals surface area contributed by atoms with Crippen LogP contribution in [0.3, 0.4) is 0 Å². The molecule has 1 heterocycles. The van der Waals surface area contributed by atoms with Gasteiger partial charge in [0, 0.05) is 32.7 Å². The summed E-state index contributed by atoms with van der Waals surface area (Å²) in [5.41, 5.74) is 2.38. The number of nitrogens with zero attached hydrogens (tertiary/aromatic N) is 2. The number of rotatable bonds is 7. The van der Waals surface area contributed by atoms with Gasteiger partial charge in [0.05, 0.1) is 12.6 Å². The number of amides is 1. The van der Waals surface area contributed by atoms with Gasteiger partial charge in [0.15, 0.2) is 0 Å². The maximum atomic E-state index is 12.3. The molecule has 4 heteroatoms. The SMILES string of the molecule is C[C@@H](NC(=O)CN1CCN(C/C=C/c2ccccc2)CC1)c1ccccc1. The van der Waals surface area contributed by atoms with Crippen LogP contribution in [0.2, 0.25) is 0 Å². The fraction of sp³-hybridized carbons (Fsp3) is 0.348. The van der Waals surface area contributed by atoms with Crippen molar-refractivity contribution in [3.8, 4) is 0 Å². The fourth-order valence-electron chi connectivity index (χ4n) is 3.35. The van der Waals surface area contributed by atoms with Crippen LogP contribution in [-0.2, 0) is 4.79 Å². The summed E-state index contributed by atoms with van der Waals surface area (Å²) in [5, 5.41) is 3.10. The Morgan fingerprint density at radius 3 is 2.22 bits per heavy atom. The largest absolute Gasteiger partial charge is 0.348 e. The van der Waals surface area contributed by atoms with E-state index in [1.165, 1.54) is 5.56 Å². The van der Waals surface area contributed by atoms with Gasteiger partial charge in [-0.3, -0.25) is 14.6 Å². The lowest BCUT2D eigenvalue weighted by Crippen LogP contribution is -2.49. The summed E-state index contributed by atoms with van der Waals surface area (Å²) < 4.78 is 0. The average molecular weight is 364 g/mol. The van der Waals surface area contributed by atoms with Crippen LogP contribution in [0.1, 0.15) is 24.1 Å². The smallest absolute Gasteiger partial charge is 0.234 e. The van der Waals surface area contributed by atoms with Crippen molar-refractivity contribution in [3.63, 3.8) is 0 Å². The Kier molecular flexibility index (Phi) is 7.19. The normalized spacial score (nSPS) is 17.1. The molecule has 1 aliphatic rings. The quantitative estimate of drug-likeness (QED) is 0.821. The van der Waals surface area contributed by atoms with E-state index < -0.39 is 0 Å². The lowest BCUT2D eigenvalue weighted by molar-refractivity contribution is -0.123. The van der Waals surface area contributed by atoms with Crippen molar-refractivity contribution in [1.29, 1.82) is 0 Å². The number of hydrogen-bond donors (Lipinski definition) is 1. The van der Waals surface area contributed by atoms with Gasteiger partial charge in [0.2, 0.25) is 5.91 Å². The molecule has 1 fully saturated rings. The predicted octanol–water partition coefficient (Wildman–Crippen LogP) is 3.19. The van der Waals surface area contributed by atoms with Crippen LogP contribution in [0.15, 0.2) is 66.7 Å². The van der Waals surface area contributed by atoms with Crippen molar-refractivity contribution >= 4 is 12.0 Å². The standard InChI is InChI=1S/C23H29N3O/c1-20(22-12-6-3-7-13-22)24-23(27)19-26-17-15-25(16-18-26)14-8-11-21-9-4-2-5-10-21/h2-13,20H,14-19H2,1H3,(H,24,27)/b11-8+/t20-/m1/s1. The molecule has 142 valence electrons. The third-order valence-electron chi connectivity index (χ3n) is 4.98. The number of carbonyl (C=O) groups excluding carboxylic acids is 1. The number of piperazine rings is 1. The van der Waals surface area contributed by atoms with E-state index in [1.807, 2.05) is 43.3 Å². The molecule has 0 spiro atoms. The first-order valence-electron chi connectivity index (χ1n) is 9.71. The average Bonchev–Trinajstić information content (AvgIpc) is 2.71. The number of benzene rings is 2. The Morgan fingerprint density at radius 1 is 0.963 bits per heavy atom. The highest BCUT2D eigenvalue weighted by Crippen LogP contribution is 2.11. The third kappa shape index (κ3) is 6.35. The van der Waals surface area contributed by atoms with Crippen LogP contribution in [0.4, 0.5) is 0 Å². The maximum Gasteiger partial charge on any atom is 0.234 e. The van der Waals surface area contributed by atoms with Gasteiger partial charge in [0.1, 0.15) is 0 Å². The molecule has 0 unspecified atom stereocenters. The number of carbonyl (C=O) groups is 1. The van der Waals surface area contributed by atoms with E-state index in [0.29, 0.717) is 6.54 Å². The Bertz CT molecular complexity index is 722. The first-order chi connectivity index (χ1) is 13.2. The van der Waals surface area contributed by atoms with Crippen molar-refractivity contribution in [2.75, 3.05) is 39.3 Å². The summed E-state index contributed by atoms with van der Waals surface area (Å²) in [5.74, 6) is 0.101. The van der Waals surface area contributed by atoms with E-state index in [2.05, 4.69) is 51.5 Å². The summed E-state index contributed by atoms with van der Waals surface area (Å²) in [6.45, 7) is 7.34. The highest BCUT2D eigenvalue weighted by atomic mass is 16.2. The second-order valence-electron chi connectivity index (χ2n) is 7.09. The molecule has 0 aliphatic carbocycles. The number of hydrogen-bond acceptors (Lipinski definition) is 3. The molecule has 2 aromatic rings. The third-order valence-corrected chi connectivity index (χ3v) is 4.98. The zero-order chi connectivity index (χ0) is 18.9. The topological polar surface area (TPSA) is 35.6 Å². The van der Waals surface area contributed by atoms with Gasteiger partial charge in [-0.15, -0.1) is 0 Å². The van der Waals surface area contributed by atoms with Crippen LogP contribution in [0.5, 0.6) is 0 Å². The van der Waals surface area contributed by atoms with Gasteiger partial charge >= 0.3 is 0 Å². The summed E-state index contributed by atoms with van der Waals surface area (Å²) in [4.78, 5) is 17.0. The van der Waals surface area contributed by atoms with Gasteiger partial charge in [-0.25, -0.2) is 0 Å². The summed E-state index contributed by atoms with van der Waals surface area (Å²) in [6, 6.07) is 20.5. The zero-order valence-electron chi connectivity index (χ0n) is 16.1. The monoisotopic (exact) mass is 363 g/mol. The first-order valence-corrected chi connectivity index (χ1v) is 9.71. The Balaban J connectivity index is 1.36. The van der Waals surface area contributed by atoms with Gasteiger partial charge < -0.3 is 5.32 Å². The van der Waals surface area contributed by atoms with Crippen LogP contribution in [0.25, 0.3) is 6.08 Å². The minimum atomic E-state index is 0.0445. The Labute approximate surface area is 162 Å². The van der Waals surface area contributed by atoms with Gasteiger partial charge in [0.25, 0.3) is 0 Å².